The van der Waals surface area contributed by atoms with Crippen LogP contribution in [0.15, 0.2) is 89.9 Å². The number of hydrogen-bond acceptors (Lipinski definition) is 3. The van der Waals surface area contributed by atoms with Gasteiger partial charge in [0.2, 0.25) is 12.1 Å². The quantitative estimate of drug-likeness (QED) is 0.713. The van der Waals surface area contributed by atoms with Gasteiger partial charge in [0.05, 0.1) is 11.4 Å². The molecule has 3 aromatic rings. The molecule has 0 bridgehead atoms. The third-order valence-corrected chi connectivity index (χ3v) is 6.02. The number of carbonyl (C=O) groups is 2. The molecule has 31 heavy (non-hydrogen) atoms. The lowest BCUT2D eigenvalue weighted by Gasteiger charge is -2.21. The van der Waals surface area contributed by atoms with Crippen molar-refractivity contribution >= 4 is 23.2 Å². The van der Waals surface area contributed by atoms with Gasteiger partial charge in [0, 0.05) is 24.1 Å². The highest BCUT2D eigenvalue weighted by Crippen LogP contribution is 2.47. The lowest BCUT2D eigenvalue weighted by molar-refractivity contribution is -0.128. The van der Waals surface area contributed by atoms with Crippen LogP contribution in [0.4, 0.5) is 5.69 Å². The summed E-state index contributed by atoms with van der Waals surface area (Å²) in [5.74, 6) is -0.289. The Kier molecular flexibility index (Phi) is 4.86. The second-order valence-electron chi connectivity index (χ2n) is 8.03. The van der Waals surface area contributed by atoms with E-state index in [4.69, 9.17) is 4.99 Å². The maximum Gasteiger partial charge on any atom is 0.272 e. The molecule has 1 saturated carbocycles. The number of rotatable bonds is 4. The van der Waals surface area contributed by atoms with Gasteiger partial charge in [0.15, 0.2) is 0 Å². The fourth-order valence-electron chi connectivity index (χ4n) is 4.24. The molecule has 154 valence electrons. The van der Waals surface area contributed by atoms with E-state index in [0.29, 0.717) is 5.71 Å². The van der Waals surface area contributed by atoms with Gasteiger partial charge in [-0.3, -0.25) is 9.59 Å². The molecule has 5 heteroatoms. The van der Waals surface area contributed by atoms with Crippen LogP contribution in [0, 0.1) is 5.92 Å². The van der Waals surface area contributed by atoms with E-state index in [0.717, 1.165) is 28.8 Å². The van der Waals surface area contributed by atoms with Crippen LogP contribution in [-0.2, 0) is 9.59 Å². The number of benzene rings is 3. The summed E-state index contributed by atoms with van der Waals surface area (Å²) in [5, 5.41) is 2.92. The van der Waals surface area contributed by atoms with Crippen molar-refractivity contribution in [2.75, 3.05) is 11.9 Å². The Morgan fingerprint density at radius 2 is 1.58 bits per heavy atom. The Hall–Kier alpha value is -3.73. The van der Waals surface area contributed by atoms with Crippen LogP contribution in [0.3, 0.4) is 0 Å². The minimum atomic E-state index is -0.961. The predicted molar refractivity (Wildman–Crippen MR) is 121 cm³/mol. The lowest BCUT2D eigenvalue weighted by Crippen LogP contribution is -2.46. The van der Waals surface area contributed by atoms with Crippen molar-refractivity contribution in [3.8, 4) is 0 Å². The SMILES string of the molecule is CN1C(=O)C(NC(=O)C2CC2c2ccccc2)N=C(c2ccccc2)c2ccccc21. The molecule has 5 rings (SSSR count). The molecule has 1 aliphatic heterocycles. The second-order valence-corrected chi connectivity index (χ2v) is 8.03. The molecule has 0 aromatic heterocycles. The maximum atomic E-state index is 13.2. The van der Waals surface area contributed by atoms with Crippen LogP contribution < -0.4 is 10.2 Å². The molecule has 2 aliphatic rings. The summed E-state index contributed by atoms with van der Waals surface area (Å²) < 4.78 is 0. The smallest absolute Gasteiger partial charge is 0.272 e. The number of likely N-dealkylation sites (N-methyl/N-ethyl adjacent to an activating group) is 1. The van der Waals surface area contributed by atoms with Gasteiger partial charge in [0.25, 0.3) is 5.91 Å². The summed E-state index contributed by atoms with van der Waals surface area (Å²) in [6, 6.07) is 27.5. The van der Waals surface area contributed by atoms with E-state index in [1.807, 2.05) is 84.9 Å². The average molecular weight is 409 g/mol. The zero-order chi connectivity index (χ0) is 21.4. The minimum absolute atomic E-state index is 0.122. The van der Waals surface area contributed by atoms with E-state index in [9.17, 15) is 9.59 Å². The fourth-order valence-corrected chi connectivity index (χ4v) is 4.24. The van der Waals surface area contributed by atoms with E-state index in [2.05, 4.69) is 5.32 Å². The van der Waals surface area contributed by atoms with Gasteiger partial charge >= 0.3 is 0 Å². The van der Waals surface area contributed by atoms with Gasteiger partial charge in [0.1, 0.15) is 0 Å². The molecular weight excluding hydrogens is 386 g/mol. The van der Waals surface area contributed by atoms with Crippen LogP contribution in [-0.4, -0.2) is 30.7 Å². The first-order chi connectivity index (χ1) is 15.1. The normalized spacial score (nSPS) is 22.2. The van der Waals surface area contributed by atoms with Crippen molar-refractivity contribution in [2.45, 2.75) is 18.5 Å². The van der Waals surface area contributed by atoms with Crippen molar-refractivity contribution in [3.05, 3.63) is 102 Å². The molecular formula is C26H23N3O2. The molecule has 3 unspecified atom stereocenters. The zero-order valence-corrected chi connectivity index (χ0v) is 17.2. The molecule has 1 N–H and O–H groups in total. The van der Waals surface area contributed by atoms with Gasteiger partial charge in [-0.1, -0.05) is 78.9 Å². The molecule has 1 heterocycles. The summed E-state index contributed by atoms with van der Waals surface area (Å²) in [4.78, 5) is 32.6. The number of fused-ring (bicyclic) bond motifs is 1. The van der Waals surface area contributed by atoms with Crippen LogP contribution >= 0.6 is 0 Å². The van der Waals surface area contributed by atoms with E-state index >= 15 is 0 Å². The number of hydrogen-bond donors (Lipinski definition) is 1. The Bertz CT molecular complexity index is 1160. The predicted octanol–water partition coefficient (Wildman–Crippen LogP) is 3.75. The van der Waals surface area contributed by atoms with E-state index in [1.54, 1.807) is 11.9 Å². The Morgan fingerprint density at radius 1 is 0.935 bits per heavy atom. The number of para-hydroxylation sites is 1. The van der Waals surface area contributed by atoms with E-state index in [-0.39, 0.29) is 23.7 Å². The van der Waals surface area contributed by atoms with Gasteiger partial charge < -0.3 is 10.2 Å². The third-order valence-electron chi connectivity index (χ3n) is 6.02. The molecule has 1 fully saturated rings. The van der Waals surface area contributed by atoms with Crippen molar-refractivity contribution in [2.24, 2.45) is 10.9 Å². The van der Waals surface area contributed by atoms with Gasteiger partial charge in [-0.25, -0.2) is 4.99 Å². The Morgan fingerprint density at radius 3 is 2.32 bits per heavy atom. The number of anilines is 1. The number of amides is 2. The first-order valence-corrected chi connectivity index (χ1v) is 10.5. The average Bonchev–Trinajstić information content (AvgIpc) is 3.63. The summed E-state index contributed by atoms with van der Waals surface area (Å²) in [7, 11) is 1.73. The third kappa shape index (κ3) is 3.63. The molecule has 0 radical (unpaired) electrons. The molecule has 3 atom stereocenters. The van der Waals surface area contributed by atoms with Crippen molar-refractivity contribution < 1.29 is 9.59 Å². The molecule has 1 aliphatic carbocycles. The largest absolute Gasteiger partial charge is 0.326 e. The topological polar surface area (TPSA) is 61.8 Å². The highest BCUT2D eigenvalue weighted by Gasteiger charge is 2.45. The summed E-state index contributed by atoms with van der Waals surface area (Å²) in [6.07, 6.45) is -0.167. The highest BCUT2D eigenvalue weighted by atomic mass is 16.2. The summed E-state index contributed by atoms with van der Waals surface area (Å²) in [5.41, 5.74) is 4.42. The standard InChI is InChI=1S/C26H23N3O2/c1-29-22-15-9-8-14-19(22)23(18-12-6-3-7-13-18)27-24(26(29)31)28-25(30)21-16-20(21)17-10-4-2-5-11-17/h2-15,20-21,24H,16H2,1H3,(H,28,30). The van der Waals surface area contributed by atoms with Crippen molar-refractivity contribution in [1.29, 1.82) is 0 Å². The highest BCUT2D eigenvalue weighted by molar-refractivity contribution is 6.20. The van der Waals surface area contributed by atoms with Crippen LogP contribution in [0.25, 0.3) is 0 Å². The number of nitrogens with one attached hydrogen (secondary N) is 1. The molecule has 0 saturated heterocycles. The molecule has 0 spiro atoms. The number of carbonyl (C=O) groups excluding carboxylic acids is 2. The second kappa shape index (κ2) is 7.84. The number of benzodiazepines with no additional fused rings is 1. The van der Waals surface area contributed by atoms with Gasteiger partial charge in [-0.15, -0.1) is 0 Å². The fraction of sp³-hybridized carbons (Fsp3) is 0.192. The summed E-state index contributed by atoms with van der Waals surface area (Å²) >= 11 is 0. The Balaban J connectivity index is 1.46. The number of nitrogens with zero attached hydrogens (tertiary/aromatic N) is 2. The molecule has 5 nitrogen and oxygen atoms in total. The Labute approximate surface area is 181 Å². The van der Waals surface area contributed by atoms with Gasteiger partial charge in [-0.05, 0) is 24.0 Å². The first-order valence-electron chi connectivity index (χ1n) is 10.5. The van der Waals surface area contributed by atoms with Crippen LogP contribution in [0.1, 0.15) is 29.0 Å². The van der Waals surface area contributed by atoms with Crippen LogP contribution in [0.2, 0.25) is 0 Å². The molecule has 2 amide bonds. The monoisotopic (exact) mass is 409 g/mol. The number of aliphatic imine (C=N–C) groups is 1. The van der Waals surface area contributed by atoms with E-state index in [1.165, 1.54) is 0 Å². The lowest BCUT2D eigenvalue weighted by atomic mass is 10.0. The first kappa shape index (κ1) is 19.2. The van der Waals surface area contributed by atoms with Crippen molar-refractivity contribution in [3.63, 3.8) is 0 Å². The maximum absolute atomic E-state index is 13.2. The van der Waals surface area contributed by atoms with E-state index < -0.39 is 6.17 Å². The van der Waals surface area contributed by atoms with Crippen LogP contribution in [0.5, 0.6) is 0 Å². The van der Waals surface area contributed by atoms with Gasteiger partial charge in [-0.2, -0.15) is 0 Å². The minimum Gasteiger partial charge on any atom is -0.326 e. The van der Waals surface area contributed by atoms with Crippen molar-refractivity contribution in [1.82, 2.24) is 5.32 Å². The summed E-state index contributed by atoms with van der Waals surface area (Å²) in [6.45, 7) is 0. The zero-order valence-electron chi connectivity index (χ0n) is 17.2. The molecule has 3 aromatic carbocycles.